The third-order valence-corrected chi connectivity index (χ3v) is 3.94. The second kappa shape index (κ2) is 5.30. The van der Waals surface area contributed by atoms with Gasteiger partial charge in [0.15, 0.2) is 5.65 Å². The summed E-state index contributed by atoms with van der Waals surface area (Å²) >= 11 is 6.24. The summed E-state index contributed by atoms with van der Waals surface area (Å²) in [7, 11) is 0. The Hall–Kier alpha value is -1.62. The molecule has 0 bridgehead atoms. The van der Waals surface area contributed by atoms with E-state index in [4.69, 9.17) is 11.6 Å². The SMILES string of the molecule is Cc1cnc2c(c1)nc(C(C)Cl)n2C(C)C(=O)NC1CC1. The van der Waals surface area contributed by atoms with Crippen molar-refractivity contribution >= 4 is 28.7 Å². The number of halogens is 1. The maximum Gasteiger partial charge on any atom is 0.243 e. The van der Waals surface area contributed by atoms with Crippen molar-refractivity contribution in [3.63, 3.8) is 0 Å². The van der Waals surface area contributed by atoms with Crippen LogP contribution in [0.25, 0.3) is 11.2 Å². The summed E-state index contributed by atoms with van der Waals surface area (Å²) in [5.74, 6) is 0.681. The third kappa shape index (κ3) is 2.75. The fraction of sp³-hybridized carbons (Fsp3) is 0.533. The number of fused-ring (bicyclic) bond motifs is 1. The number of imidazole rings is 1. The van der Waals surface area contributed by atoms with Gasteiger partial charge in [0, 0.05) is 12.2 Å². The molecule has 0 spiro atoms. The first-order chi connectivity index (χ1) is 9.97. The summed E-state index contributed by atoms with van der Waals surface area (Å²) in [4.78, 5) is 21.4. The summed E-state index contributed by atoms with van der Waals surface area (Å²) in [5.41, 5.74) is 2.53. The number of rotatable bonds is 4. The number of carbonyl (C=O) groups excluding carboxylic acids is 1. The van der Waals surface area contributed by atoms with Gasteiger partial charge in [0.2, 0.25) is 5.91 Å². The van der Waals surface area contributed by atoms with E-state index < -0.39 is 0 Å². The fourth-order valence-electron chi connectivity index (χ4n) is 2.43. The van der Waals surface area contributed by atoms with Crippen molar-refractivity contribution in [1.82, 2.24) is 19.9 Å². The van der Waals surface area contributed by atoms with Crippen molar-refractivity contribution in [1.29, 1.82) is 0 Å². The van der Waals surface area contributed by atoms with Gasteiger partial charge in [-0.2, -0.15) is 0 Å². The van der Waals surface area contributed by atoms with Crippen molar-refractivity contribution in [3.8, 4) is 0 Å². The van der Waals surface area contributed by atoms with Crippen LogP contribution in [0.4, 0.5) is 0 Å². The molecule has 1 aliphatic carbocycles. The summed E-state index contributed by atoms with van der Waals surface area (Å²) in [6, 6.07) is 1.93. The Kier molecular flexibility index (Phi) is 3.61. The van der Waals surface area contributed by atoms with E-state index in [1.807, 2.05) is 31.4 Å². The number of hydrogen-bond acceptors (Lipinski definition) is 3. The second-order valence-corrected chi connectivity index (χ2v) is 6.42. The maximum absolute atomic E-state index is 12.3. The lowest BCUT2D eigenvalue weighted by Gasteiger charge is -2.17. The molecular weight excluding hydrogens is 288 g/mol. The van der Waals surface area contributed by atoms with Gasteiger partial charge in [-0.1, -0.05) is 0 Å². The molecule has 0 aliphatic heterocycles. The Labute approximate surface area is 128 Å². The fourth-order valence-corrected chi connectivity index (χ4v) is 2.58. The first kappa shape index (κ1) is 14.3. The van der Waals surface area contributed by atoms with Gasteiger partial charge in [0.05, 0.1) is 5.38 Å². The van der Waals surface area contributed by atoms with Gasteiger partial charge in [0.1, 0.15) is 17.4 Å². The van der Waals surface area contributed by atoms with Crippen molar-refractivity contribution in [2.24, 2.45) is 0 Å². The van der Waals surface area contributed by atoms with E-state index in [9.17, 15) is 4.79 Å². The normalized spacial score (nSPS) is 17.7. The zero-order chi connectivity index (χ0) is 15.1. The van der Waals surface area contributed by atoms with Gasteiger partial charge < -0.3 is 5.32 Å². The molecule has 2 aromatic heterocycles. The van der Waals surface area contributed by atoms with E-state index in [2.05, 4.69) is 15.3 Å². The van der Waals surface area contributed by atoms with Crippen LogP contribution in [0.1, 0.15) is 49.5 Å². The molecule has 5 nitrogen and oxygen atoms in total. The van der Waals surface area contributed by atoms with E-state index in [1.165, 1.54) is 0 Å². The van der Waals surface area contributed by atoms with Crippen LogP contribution in [-0.4, -0.2) is 26.5 Å². The predicted octanol–water partition coefficient (Wildman–Crippen LogP) is 2.88. The predicted molar refractivity (Wildman–Crippen MR) is 82.4 cm³/mol. The molecule has 112 valence electrons. The van der Waals surface area contributed by atoms with Gasteiger partial charge in [-0.15, -0.1) is 11.6 Å². The van der Waals surface area contributed by atoms with Crippen LogP contribution in [0.15, 0.2) is 12.3 Å². The molecular formula is C15H19ClN4O. The monoisotopic (exact) mass is 306 g/mol. The minimum Gasteiger partial charge on any atom is -0.352 e. The maximum atomic E-state index is 12.3. The molecule has 0 radical (unpaired) electrons. The van der Waals surface area contributed by atoms with Crippen LogP contribution in [0.5, 0.6) is 0 Å². The average molecular weight is 307 g/mol. The smallest absolute Gasteiger partial charge is 0.243 e. The molecule has 2 heterocycles. The molecule has 6 heteroatoms. The Balaban J connectivity index is 2.05. The van der Waals surface area contributed by atoms with Crippen LogP contribution >= 0.6 is 11.6 Å². The lowest BCUT2D eigenvalue weighted by atomic mass is 10.2. The van der Waals surface area contributed by atoms with Crippen molar-refractivity contribution < 1.29 is 4.79 Å². The Morgan fingerprint density at radius 1 is 1.48 bits per heavy atom. The van der Waals surface area contributed by atoms with E-state index in [1.54, 1.807) is 6.20 Å². The molecule has 2 atom stereocenters. The second-order valence-electron chi connectivity index (χ2n) is 5.77. The topological polar surface area (TPSA) is 59.8 Å². The largest absolute Gasteiger partial charge is 0.352 e. The van der Waals surface area contributed by atoms with Gasteiger partial charge in [-0.3, -0.25) is 9.36 Å². The Morgan fingerprint density at radius 2 is 2.19 bits per heavy atom. The van der Waals surface area contributed by atoms with Crippen LogP contribution in [0.2, 0.25) is 0 Å². The number of aryl methyl sites for hydroxylation is 1. The zero-order valence-corrected chi connectivity index (χ0v) is 13.2. The number of hydrogen-bond donors (Lipinski definition) is 1. The van der Waals surface area contributed by atoms with E-state index in [-0.39, 0.29) is 17.3 Å². The average Bonchev–Trinajstić information content (AvgIpc) is 3.15. The van der Waals surface area contributed by atoms with Gasteiger partial charge in [-0.05, 0) is 45.2 Å². The third-order valence-electron chi connectivity index (χ3n) is 3.74. The zero-order valence-electron chi connectivity index (χ0n) is 12.4. The number of nitrogens with one attached hydrogen (secondary N) is 1. The number of pyridine rings is 1. The molecule has 1 amide bonds. The van der Waals surface area contributed by atoms with Crippen molar-refractivity contribution in [2.45, 2.75) is 51.1 Å². The molecule has 1 aliphatic rings. The van der Waals surface area contributed by atoms with Gasteiger partial charge in [-0.25, -0.2) is 9.97 Å². The lowest BCUT2D eigenvalue weighted by molar-refractivity contribution is -0.124. The van der Waals surface area contributed by atoms with E-state index in [0.29, 0.717) is 17.5 Å². The molecule has 2 aromatic rings. The number of carbonyl (C=O) groups is 1. The molecule has 0 aromatic carbocycles. The quantitative estimate of drug-likeness (QED) is 0.884. The summed E-state index contributed by atoms with van der Waals surface area (Å²) in [6.45, 7) is 5.69. The van der Waals surface area contributed by atoms with Gasteiger partial charge in [0.25, 0.3) is 0 Å². The number of nitrogens with zero attached hydrogens (tertiary/aromatic N) is 3. The molecule has 3 rings (SSSR count). The number of aromatic nitrogens is 3. The molecule has 0 saturated heterocycles. The van der Waals surface area contributed by atoms with Crippen molar-refractivity contribution in [2.75, 3.05) is 0 Å². The van der Waals surface area contributed by atoms with Gasteiger partial charge >= 0.3 is 0 Å². The molecule has 1 fully saturated rings. The summed E-state index contributed by atoms with van der Waals surface area (Å²) in [6.07, 6.45) is 3.92. The Bertz CT molecular complexity index is 690. The van der Waals surface area contributed by atoms with Crippen LogP contribution in [-0.2, 0) is 4.79 Å². The van der Waals surface area contributed by atoms with E-state index >= 15 is 0 Å². The molecule has 2 unspecified atom stereocenters. The number of amides is 1. The minimum absolute atomic E-state index is 0.00209. The molecule has 1 N–H and O–H groups in total. The van der Waals surface area contributed by atoms with E-state index in [0.717, 1.165) is 23.9 Å². The van der Waals surface area contributed by atoms with Crippen molar-refractivity contribution in [3.05, 3.63) is 23.7 Å². The Morgan fingerprint density at radius 3 is 2.81 bits per heavy atom. The molecule has 1 saturated carbocycles. The minimum atomic E-state index is -0.373. The van der Waals surface area contributed by atoms with Crippen LogP contribution in [0.3, 0.4) is 0 Å². The summed E-state index contributed by atoms with van der Waals surface area (Å²) in [5, 5.41) is 2.74. The van der Waals surface area contributed by atoms with Crippen LogP contribution < -0.4 is 5.32 Å². The standard InChI is InChI=1S/C15H19ClN4O/c1-8-6-12-14(17-7-8)20(13(19-12)9(2)16)10(3)15(21)18-11-4-5-11/h6-7,9-11H,4-5H2,1-3H3,(H,18,21). The first-order valence-corrected chi connectivity index (χ1v) is 7.70. The van der Waals surface area contributed by atoms with Crippen LogP contribution in [0, 0.1) is 6.92 Å². The molecule has 21 heavy (non-hydrogen) atoms. The summed E-state index contributed by atoms with van der Waals surface area (Å²) < 4.78 is 1.85. The highest BCUT2D eigenvalue weighted by atomic mass is 35.5. The highest BCUT2D eigenvalue weighted by Crippen LogP contribution is 2.28. The highest BCUT2D eigenvalue weighted by molar-refractivity contribution is 6.20. The first-order valence-electron chi connectivity index (χ1n) is 7.26. The highest BCUT2D eigenvalue weighted by Gasteiger charge is 2.29. The lowest BCUT2D eigenvalue weighted by Crippen LogP contribution is -2.33. The number of alkyl halides is 1.